The van der Waals surface area contributed by atoms with E-state index in [4.69, 9.17) is 20.1 Å². The highest BCUT2D eigenvalue weighted by Crippen LogP contribution is 2.04. The van der Waals surface area contributed by atoms with E-state index >= 15 is 0 Å². The Kier molecular flexibility index (Phi) is 10.7. The van der Waals surface area contributed by atoms with Crippen LogP contribution in [-0.4, -0.2) is 53.0 Å². The molecular weight excluding hydrogens is 324 g/mol. The first-order valence-corrected chi connectivity index (χ1v) is 5.94. The molecule has 0 spiro atoms. The third-order valence-electron chi connectivity index (χ3n) is 2.02. The standard InChI is InChI=1S/C8H6O4.2C2H3N3.O2/c9-7(10)5-2-1-3-6(4-5)8(11)12;2*1-2-4-5-3-1;1-2/h1-4H,(H,9,10)(H,11,12);2*1-2H,(H,3,4,5);. The number of carbonyl (C=O) groups is 2. The number of aromatic amines is 2. The van der Waals surface area contributed by atoms with Crippen LogP contribution in [0.15, 0.2) is 49.1 Å². The van der Waals surface area contributed by atoms with Crippen LogP contribution in [-0.2, 0) is 0 Å². The second-order valence-electron chi connectivity index (χ2n) is 3.50. The van der Waals surface area contributed by atoms with Crippen molar-refractivity contribution in [3.8, 4) is 0 Å². The quantitative estimate of drug-likeness (QED) is 0.519. The molecule has 0 fully saturated rings. The fourth-order valence-corrected chi connectivity index (χ4v) is 1.12. The van der Waals surface area contributed by atoms with Gasteiger partial charge in [0, 0.05) is 9.93 Å². The summed E-state index contributed by atoms with van der Waals surface area (Å²) in [6, 6.07) is 5.20. The monoisotopic (exact) mass is 336 g/mol. The molecule has 3 rings (SSSR count). The summed E-state index contributed by atoms with van der Waals surface area (Å²) in [6.07, 6.45) is 6.33. The van der Waals surface area contributed by atoms with Gasteiger partial charge in [-0.2, -0.15) is 30.8 Å². The molecule has 24 heavy (non-hydrogen) atoms. The van der Waals surface area contributed by atoms with Gasteiger partial charge >= 0.3 is 11.9 Å². The van der Waals surface area contributed by atoms with E-state index in [0.717, 1.165) is 6.07 Å². The van der Waals surface area contributed by atoms with Crippen LogP contribution in [0.4, 0.5) is 0 Å². The van der Waals surface area contributed by atoms with Gasteiger partial charge in [0.1, 0.15) is 0 Å². The second-order valence-corrected chi connectivity index (χ2v) is 3.50. The van der Waals surface area contributed by atoms with E-state index in [-0.39, 0.29) is 11.1 Å². The maximum atomic E-state index is 10.4. The number of aromatic carboxylic acids is 2. The Morgan fingerprint density at radius 1 is 0.750 bits per heavy atom. The maximum absolute atomic E-state index is 10.4. The van der Waals surface area contributed by atoms with Gasteiger partial charge < -0.3 is 10.2 Å². The molecule has 0 aliphatic rings. The molecule has 0 aliphatic heterocycles. The smallest absolute Gasteiger partial charge is 0.335 e. The van der Waals surface area contributed by atoms with Gasteiger partial charge in [-0.15, -0.1) is 0 Å². The van der Waals surface area contributed by atoms with Crippen molar-refractivity contribution in [2.24, 2.45) is 0 Å². The lowest BCUT2D eigenvalue weighted by molar-refractivity contribution is 0.0696. The Hall–Kier alpha value is -3.96. The zero-order chi connectivity index (χ0) is 18.2. The lowest BCUT2D eigenvalue weighted by Crippen LogP contribution is -2.01. The minimum Gasteiger partial charge on any atom is -0.478 e. The predicted molar refractivity (Wildman–Crippen MR) is 79.9 cm³/mol. The van der Waals surface area contributed by atoms with Crippen molar-refractivity contribution in [2.45, 2.75) is 0 Å². The lowest BCUT2D eigenvalue weighted by atomic mass is 10.1. The largest absolute Gasteiger partial charge is 0.478 e. The van der Waals surface area contributed by atoms with Crippen molar-refractivity contribution >= 4 is 11.9 Å². The van der Waals surface area contributed by atoms with Crippen molar-refractivity contribution < 1.29 is 19.8 Å². The summed E-state index contributed by atoms with van der Waals surface area (Å²) in [5, 5.41) is 35.7. The van der Waals surface area contributed by atoms with Crippen molar-refractivity contribution in [3.63, 3.8) is 0 Å². The molecule has 0 atom stereocenters. The third kappa shape index (κ3) is 9.06. The number of benzene rings is 1. The van der Waals surface area contributed by atoms with Gasteiger partial charge in [-0.25, -0.2) is 9.59 Å². The summed E-state index contributed by atoms with van der Waals surface area (Å²) < 4.78 is 0. The molecule has 0 amide bonds. The molecule has 4 N–H and O–H groups in total. The summed E-state index contributed by atoms with van der Waals surface area (Å²) in [5.74, 6) is -2.25. The van der Waals surface area contributed by atoms with Crippen molar-refractivity contribution in [1.82, 2.24) is 30.8 Å². The molecule has 126 valence electrons. The van der Waals surface area contributed by atoms with Gasteiger partial charge in [0.05, 0.1) is 35.9 Å². The van der Waals surface area contributed by atoms with E-state index in [1.165, 1.54) is 18.2 Å². The Bertz CT molecular complexity index is 598. The fraction of sp³-hybridized carbons (Fsp3) is 0. The predicted octanol–water partition coefficient (Wildman–Crippen LogP) is 0.759. The van der Waals surface area contributed by atoms with Gasteiger partial charge in [0.15, 0.2) is 0 Å². The van der Waals surface area contributed by atoms with E-state index in [0.29, 0.717) is 0 Å². The Morgan fingerprint density at radius 3 is 1.29 bits per heavy atom. The molecular formula is C12H12N6O6. The first-order chi connectivity index (χ1) is 11.6. The van der Waals surface area contributed by atoms with E-state index in [2.05, 4.69) is 30.8 Å². The first kappa shape index (κ1) is 20.0. The van der Waals surface area contributed by atoms with E-state index < -0.39 is 11.9 Å². The maximum Gasteiger partial charge on any atom is 0.335 e. The second kappa shape index (κ2) is 12.8. The normalized spacial score (nSPS) is 8.17. The first-order valence-electron chi connectivity index (χ1n) is 5.94. The van der Waals surface area contributed by atoms with Gasteiger partial charge in [-0.1, -0.05) is 6.07 Å². The molecule has 0 bridgehead atoms. The van der Waals surface area contributed by atoms with Crippen LogP contribution in [0.1, 0.15) is 20.7 Å². The number of carboxylic acids is 2. The van der Waals surface area contributed by atoms with Crippen molar-refractivity contribution in [3.05, 3.63) is 70.1 Å². The van der Waals surface area contributed by atoms with Crippen LogP contribution < -0.4 is 0 Å². The summed E-state index contributed by atoms with van der Waals surface area (Å²) >= 11 is 0. The zero-order valence-corrected chi connectivity index (χ0v) is 11.9. The fourth-order valence-electron chi connectivity index (χ4n) is 1.12. The number of hydrogen-bond acceptors (Lipinski definition) is 8. The van der Waals surface area contributed by atoms with Crippen molar-refractivity contribution in [2.75, 3.05) is 0 Å². The molecule has 2 aromatic heterocycles. The van der Waals surface area contributed by atoms with Gasteiger partial charge in [-0.3, -0.25) is 0 Å². The number of nitrogens with zero attached hydrogens (tertiary/aromatic N) is 4. The molecule has 0 saturated carbocycles. The number of rotatable bonds is 2. The number of carboxylic acid groups (broad SMARTS) is 2. The minimum absolute atomic E-state index is 0.0186. The highest BCUT2D eigenvalue weighted by Gasteiger charge is 2.06. The van der Waals surface area contributed by atoms with Gasteiger partial charge in [0.2, 0.25) is 0 Å². The van der Waals surface area contributed by atoms with Gasteiger partial charge in [0.25, 0.3) is 0 Å². The minimum atomic E-state index is -1.13. The SMILES string of the molecule is O=C(O)c1cccc(C(=O)O)c1.O=O.c1cn[nH]n1.c1cn[nH]n1. The topological polar surface area (TPSA) is 192 Å². The third-order valence-corrected chi connectivity index (χ3v) is 2.02. The Balaban J connectivity index is 0.000000362. The molecule has 0 unspecified atom stereocenters. The lowest BCUT2D eigenvalue weighted by Gasteiger charge is -1.95. The molecule has 3 aromatic rings. The van der Waals surface area contributed by atoms with Crippen LogP contribution in [0.2, 0.25) is 0 Å². The molecule has 0 aliphatic carbocycles. The molecule has 0 radical (unpaired) electrons. The zero-order valence-electron chi connectivity index (χ0n) is 11.9. The molecule has 2 heterocycles. The van der Waals surface area contributed by atoms with Crippen LogP contribution in [0.3, 0.4) is 0 Å². The molecule has 0 saturated heterocycles. The number of H-pyrrole nitrogens is 2. The summed E-state index contributed by atoms with van der Waals surface area (Å²) in [4.78, 5) is 34.8. The van der Waals surface area contributed by atoms with Crippen LogP contribution in [0.25, 0.3) is 0 Å². The highest BCUT2D eigenvalue weighted by molar-refractivity contribution is 5.93. The van der Waals surface area contributed by atoms with E-state index in [1.54, 1.807) is 24.8 Å². The van der Waals surface area contributed by atoms with E-state index in [9.17, 15) is 9.59 Å². The van der Waals surface area contributed by atoms with Crippen LogP contribution in [0.5, 0.6) is 0 Å². The summed E-state index contributed by atoms with van der Waals surface area (Å²) in [6.45, 7) is 0. The highest BCUT2D eigenvalue weighted by atomic mass is 16.7. The molecule has 12 heteroatoms. The molecule has 1 aromatic carbocycles. The number of hydrogen-bond donors (Lipinski definition) is 4. The molecule has 12 nitrogen and oxygen atoms in total. The summed E-state index contributed by atoms with van der Waals surface area (Å²) in [5.41, 5.74) is -0.0372. The summed E-state index contributed by atoms with van der Waals surface area (Å²) in [7, 11) is 0. The average molecular weight is 336 g/mol. The van der Waals surface area contributed by atoms with Gasteiger partial charge in [-0.05, 0) is 18.2 Å². The van der Waals surface area contributed by atoms with Crippen LogP contribution in [0, 0.1) is 9.93 Å². The van der Waals surface area contributed by atoms with E-state index in [1.807, 2.05) is 0 Å². The van der Waals surface area contributed by atoms with Crippen molar-refractivity contribution in [1.29, 1.82) is 0 Å². The number of aromatic nitrogens is 6. The average Bonchev–Trinajstić information content (AvgIpc) is 3.34. The Labute approximate surface area is 133 Å². The number of nitrogens with one attached hydrogen (secondary N) is 2. The van der Waals surface area contributed by atoms with Crippen LogP contribution >= 0.6 is 0 Å². The Morgan fingerprint density at radius 2 is 1.08 bits per heavy atom.